The van der Waals surface area contributed by atoms with Crippen molar-refractivity contribution in [2.24, 2.45) is 0 Å². The maximum atomic E-state index is 12.0. The van der Waals surface area contributed by atoms with E-state index in [2.05, 4.69) is 4.98 Å². The molecule has 1 aromatic heterocycles. The molecule has 2 rings (SSSR count). The number of ether oxygens (including phenoxy) is 1. The van der Waals surface area contributed by atoms with Crippen LogP contribution in [0.3, 0.4) is 0 Å². The molecule has 1 aromatic carbocycles. The maximum Gasteiger partial charge on any atom is 0.260 e. The second-order valence-electron chi connectivity index (χ2n) is 4.67. The second-order valence-corrected chi connectivity index (χ2v) is 4.67. The number of amides is 1. The van der Waals surface area contributed by atoms with Crippen LogP contribution in [0.1, 0.15) is 11.3 Å². The highest BCUT2D eigenvalue weighted by Gasteiger charge is 2.10. The molecule has 0 bridgehead atoms. The first-order valence-electron chi connectivity index (χ1n) is 6.48. The van der Waals surface area contributed by atoms with Crippen molar-refractivity contribution in [3.8, 4) is 5.75 Å². The number of carbonyl (C=O) groups is 1. The summed E-state index contributed by atoms with van der Waals surface area (Å²) in [5, 5.41) is 0. The van der Waals surface area contributed by atoms with Gasteiger partial charge in [-0.15, -0.1) is 0 Å². The monoisotopic (exact) mass is 270 g/mol. The van der Waals surface area contributed by atoms with Crippen LogP contribution in [-0.4, -0.2) is 29.4 Å². The van der Waals surface area contributed by atoms with Gasteiger partial charge in [0, 0.05) is 13.2 Å². The SMILES string of the molecule is Cc1ccc(OCC(=O)N(C)Cc2ccccn2)cc1. The lowest BCUT2D eigenvalue weighted by Gasteiger charge is -2.17. The van der Waals surface area contributed by atoms with E-state index in [9.17, 15) is 4.79 Å². The van der Waals surface area contributed by atoms with Crippen LogP contribution in [0.5, 0.6) is 5.75 Å². The van der Waals surface area contributed by atoms with E-state index in [0.717, 1.165) is 11.3 Å². The highest BCUT2D eigenvalue weighted by molar-refractivity contribution is 5.77. The molecule has 104 valence electrons. The molecule has 0 saturated carbocycles. The van der Waals surface area contributed by atoms with Crippen molar-refractivity contribution in [1.82, 2.24) is 9.88 Å². The van der Waals surface area contributed by atoms with E-state index in [1.807, 2.05) is 49.4 Å². The lowest BCUT2D eigenvalue weighted by atomic mass is 10.2. The summed E-state index contributed by atoms with van der Waals surface area (Å²) in [6.07, 6.45) is 1.72. The molecule has 0 aliphatic carbocycles. The fourth-order valence-electron chi connectivity index (χ4n) is 1.71. The van der Waals surface area contributed by atoms with Crippen molar-refractivity contribution in [1.29, 1.82) is 0 Å². The van der Waals surface area contributed by atoms with Gasteiger partial charge >= 0.3 is 0 Å². The summed E-state index contributed by atoms with van der Waals surface area (Å²) in [4.78, 5) is 17.8. The van der Waals surface area contributed by atoms with Crippen LogP contribution >= 0.6 is 0 Å². The molecule has 0 fully saturated rings. The van der Waals surface area contributed by atoms with E-state index in [1.165, 1.54) is 0 Å². The van der Waals surface area contributed by atoms with Gasteiger partial charge in [-0.05, 0) is 31.2 Å². The smallest absolute Gasteiger partial charge is 0.260 e. The summed E-state index contributed by atoms with van der Waals surface area (Å²) in [5.74, 6) is 0.631. The highest BCUT2D eigenvalue weighted by atomic mass is 16.5. The third-order valence-electron chi connectivity index (χ3n) is 2.93. The summed E-state index contributed by atoms with van der Waals surface area (Å²) < 4.78 is 5.47. The molecule has 0 aliphatic rings. The van der Waals surface area contributed by atoms with E-state index in [-0.39, 0.29) is 12.5 Å². The second kappa shape index (κ2) is 6.70. The van der Waals surface area contributed by atoms with Crippen LogP contribution in [0.2, 0.25) is 0 Å². The van der Waals surface area contributed by atoms with Crippen LogP contribution in [0, 0.1) is 6.92 Å². The molecule has 1 amide bonds. The summed E-state index contributed by atoms with van der Waals surface area (Å²) in [6.45, 7) is 2.53. The van der Waals surface area contributed by atoms with E-state index >= 15 is 0 Å². The Morgan fingerprint density at radius 1 is 1.20 bits per heavy atom. The van der Waals surface area contributed by atoms with Crippen molar-refractivity contribution in [2.45, 2.75) is 13.5 Å². The molecule has 2 aromatic rings. The molecular formula is C16H18N2O2. The number of aromatic nitrogens is 1. The first-order chi connectivity index (χ1) is 9.65. The average Bonchev–Trinajstić information content (AvgIpc) is 2.47. The van der Waals surface area contributed by atoms with E-state index in [1.54, 1.807) is 18.1 Å². The van der Waals surface area contributed by atoms with Gasteiger partial charge in [-0.25, -0.2) is 0 Å². The van der Waals surface area contributed by atoms with Crippen LogP contribution in [0.15, 0.2) is 48.7 Å². The number of benzene rings is 1. The van der Waals surface area contributed by atoms with E-state index in [0.29, 0.717) is 12.3 Å². The van der Waals surface area contributed by atoms with Gasteiger partial charge in [0.1, 0.15) is 5.75 Å². The number of hydrogen-bond acceptors (Lipinski definition) is 3. The topological polar surface area (TPSA) is 42.4 Å². The summed E-state index contributed by atoms with van der Waals surface area (Å²) in [7, 11) is 1.75. The molecule has 0 atom stereocenters. The maximum absolute atomic E-state index is 12.0. The lowest BCUT2D eigenvalue weighted by molar-refractivity contribution is -0.132. The van der Waals surface area contributed by atoms with Gasteiger partial charge in [-0.2, -0.15) is 0 Å². The minimum absolute atomic E-state index is 0.0341. The Kier molecular flexibility index (Phi) is 4.71. The fraction of sp³-hybridized carbons (Fsp3) is 0.250. The predicted molar refractivity (Wildman–Crippen MR) is 77.4 cm³/mol. The standard InChI is InChI=1S/C16H18N2O2/c1-13-6-8-15(9-7-13)20-12-16(19)18(2)11-14-5-3-4-10-17-14/h3-10H,11-12H2,1-2H3. The molecule has 0 saturated heterocycles. The molecular weight excluding hydrogens is 252 g/mol. The summed E-state index contributed by atoms with van der Waals surface area (Å²) >= 11 is 0. The number of likely N-dealkylation sites (N-methyl/N-ethyl adjacent to an activating group) is 1. The molecule has 4 heteroatoms. The van der Waals surface area contributed by atoms with Gasteiger partial charge in [0.05, 0.1) is 12.2 Å². The number of carbonyl (C=O) groups excluding carboxylic acids is 1. The Balaban J connectivity index is 1.83. The van der Waals surface area contributed by atoms with Crippen molar-refractivity contribution in [2.75, 3.05) is 13.7 Å². The number of pyridine rings is 1. The molecule has 0 spiro atoms. The lowest BCUT2D eigenvalue weighted by Crippen LogP contribution is -2.31. The molecule has 0 unspecified atom stereocenters. The molecule has 1 heterocycles. The minimum atomic E-state index is -0.0729. The molecule has 4 nitrogen and oxygen atoms in total. The minimum Gasteiger partial charge on any atom is -0.484 e. The zero-order valence-electron chi connectivity index (χ0n) is 11.7. The van der Waals surface area contributed by atoms with E-state index in [4.69, 9.17) is 4.74 Å². The third kappa shape index (κ3) is 4.09. The average molecular weight is 270 g/mol. The summed E-state index contributed by atoms with van der Waals surface area (Å²) in [6, 6.07) is 13.3. The highest BCUT2D eigenvalue weighted by Crippen LogP contribution is 2.11. The fourth-order valence-corrected chi connectivity index (χ4v) is 1.71. The third-order valence-corrected chi connectivity index (χ3v) is 2.93. The molecule has 0 aliphatic heterocycles. The Hall–Kier alpha value is -2.36. The zero-order chi connectivity index (χ0) is 14.4. The van der Waals surface area contributed by atoms with Crippen LogP contribution < -0.4 is 4.74 Å². The number of aryl methyl sites for hydroxylation is 1. The predicted octanol–water partition coefficient (Wildman–Crippen LogP) is 2.43. The Bertz CT molecular complexity index is 552. The molecule has 0 radical (unpaired) electrons. The van der Waals surface area contributed by atoms with Gasteiger partial charge in [-0.1, -0.05) is 23.8 Å². The van der Waals surface area contributed by atoms with Crippen LogP contribution in [-0.2, 0) is 11.3 Å². The van der Waals surface area contributed by atoms with Gasteiger partial charge in [-0.3, -0.25) is 9.78 Å². The van der Waals surface area contributed by atoms with Crippen molar-refractivity contribution in [3.63, 3.8) is 0 Å². The van der Waals surface area contributed by atoms with E-state index < -0.39 is 0 Å². The number of rotatable bonds is 5. The number of nitrogens with zero attached hydrogens (tertiary/aromatic N) is 2. The van der Waals surface area contributed by atoms with Crippen molar-refractivity contribution >= 4 is 5.91 Å². The van der Waals surface area contributed by atoms with Crippen LogP contribution in [0.25, 0.3) is 0 Å². The normalized spacial score (nSPS) is 10.1. The Morgan fingerprint density at radius 2 is 1.95 bits per heavy atom. The Labute approximate surface area is 119 Å². The quantitative estimate of drug-likeness (QED) is 0.838. The van der Waals surface area contributed by atoms with Crippen molar-refractivity contribution in [3.05, 3.63) is 59.9 Å². The zero-order valence-corrected chi connectivity index (χ0v) is 11.7. The molecule has 0 N–H and O–H groups in total. The van der Waals surface area contributed by atoms with Crippen LogP contribution in [0.4, 0.5) is 0 Å². The van der Waals surface area contributed by atoms with Gasteiger partial charge in [0.15, 0.2) is 6.61 Å². The summed E-state index contributed by atoms with van der Waals surface area (Å²) in [5.41, 5.74) is 2.02. The van der Waals surface area contributed by atoms with Gasteiger partial charge < -0.3 is 9.64 Å². The van der Waals surface area contributed by atoms with Gasteiger partial charge in [0.25, 0.3) is 5.91 Å². The number of hydrogen-bond donors (Lipinski definition) is 0. The Morgan fingerprint density at radius 3 is 2.60 bits per heavy atom. The van der Waals surface area contributed by atoms with Crippen molar-refractivity contribution < 1.29 is 9.53 Å². The first kappa shape index (κ1) is 14.1. The van der Waals surface area contributed by atoms with Gasteiger partial charge in [0.2, 0.25) is 0 Å². The first-order valence-corrected chi connectivity index (χ1v) is 6.48. The molecule has 20 heavy (non-hydrogen) atoms. The largest absolute Gasteiger partial charge is 0.484 e.